The molecule has 6 nitrogen and oxygen atoms in total. The molecule has 2 aromatic carbocycles. The van der Waals surface area contributed by atoms with E-state index < -0.39 is 15.1 Å². The van der Waals surface area contributed by atoms with Crippen LogP contribution in [0.25, 0.3) is 10.2 Å². The lowest BCUT2D eigenvalue weighted by Gasteiger charge is -2.20. The summed E-state index contributed by atoms with van der Waals surface area (Å²) in [6, 6.07) is 13.4. The first-order valence-corrected chi connectivity index (χ1v) is 13.0. The van der Waals surface area contributed by atoms with Gasteiger partial charge < -0.3 is 0 Å². The third kappa shape index (κ3) is 4.78. The van der Waals surface area contributed by atoms with Crippen molar-refractivity contribution in [3.63, 3.8) is 0 Å². The van der Waals surface area contributed by atoms with E-state index in [1.807, 2.05) is 31.2 Å². The van der Waals surface area contributed by atoms with Crippen LogP contribution in [0.15, 0.2) is 65.8 Å². The highest BCUT2D eigenvalue weighted by Gasteiger charge is 2.24. The molecular weight excluding hydrogens is 478 g/mol. The van der Waals surface area contributed by atoms with Crippen LogP contribution in [-0.4, -0.2) is 29.5 Å². The molecule has 9 heteroatoms. The number of pyridine rings is 1. The highest BCUT2D eigenvalue weighted by molar-refractivity contribution is 7.92. The summed E-state index contributed by atoms with van der Waals surface area (Å²) in [6.45, 7) is 5.49. The molecule has 0 unspecified atom stereocenters. The molecule has 0 N–H and O–H groups in total. The van der Waals surface area contributed by atoms with Gasteiger partial charge in [-0.25, -0.2) is 13.4 Å². The molecule has 0 saturated carbocycles. The van der Waals surface area contributed by atoms with Crippen LogP contribution in [0.4, 0.5) is 5.13 Å². The van der Waals surface area contributed by atoms with Crippen LogP contribution in [-0.2, 0) is 16.4 Å². The maximum atomic E-state index is 13.6. The van der Waals surface area contributed by atoms with Crippen LogP contribution < -0.4 is 4.90 Å². The summed E-state index contributed by atoms with van der Waals surface area (Å²) in [5.74, 6) is -0.275. The first kappa shape index (κ1) is 23.4. The fourth-order valence-electron chi connectivity index (χ4n) is 3.37. The molecule has 0 bridgehead atoms. The number of fused-ring (bicyclic) bond motifs is 1. The summed E-state index contributed by atoms with van der Waals surface area (Å²) in [7, 11) is -3.42. The highest BCUT2D eigenvalue weighted by atomic mass is 35.5. The predicted octanol–water partition coefficient (Wildman–Crippen LogP) is 5.68. The van der Waals surface area contributed by atoms with E-state index >= 15 is 0 Å². The number of benzene rings is 2. The summed E-state index contributed by atoms with van der Waals surface area (Å²) in [4.78, 5) is 24.1. The fourth-order valence-corrected chi connectivity index (χ4v) is 5.85. The monoisotopic (exact) mass is 499 g/mol. The molecular formula is C24H22ClN3O3S2. The van der Waals surface area contributed by atoms with E-state index in [0.717, 1.165) is 21.3 Å². The zero-order valence-electron chi connectivity index (χ0n) is 18.3. The summed E-state index contributed by atoms with van der Waals surface area (Å²) < 4.78 is 25.8. The highest BCUT2D eigenvalue weighted by Crippen LogP contribution is 2.34. The van der Waals surface area contributed by atoms with Crippen molar-refractivity contribution in [3.05, 3.63) is 82.6 Å². The van der Waals surface area contributed by atoms with E-state index in [0.29, 0.717) is 22.3 Å². The molecule has 170 valence electrons. The Kier molecular flexibility index (Phi) is 6.52. The number of rotatable bonds is 6. The van der Waals surface area contributed by atoms with E-state index in [1.54, 1.807) is 43.3 Å². The zero-order valence-corrected chi connectivity index (χ0v) is 20.7. The fraction of sp³-hybridized carbons (Fsp3) is 0.208. The number of carbonyl (C=O) groups is 1. The largest absolute Gasteiger partial charge is 0.279 e. The summed E-state index contributed by atoms with van der Waals surface area (Å²) in [6.07, 6.45) is 3.34. The molecule has 0 spiro atoms. The first-order valence-electron chi connectivity index (χ1n) is 10.3. The number of hydrogen-bond acceptors (Lipinski definition) is 6. The molecule has 0 aliphatic carbocycles. The summed E-state index contributed by atoms with van der Waals surface area (Å²) >= 11 is 7.60. The molecule has 1 amide bonds. The molecule has 0 aliphatic rings. The van der Waals surface area contributed by atoms with Crippen LogP contribution in [0.2, 0.25) is 5.02 Å². The third-order valence-electron chi connectivity index (χ3n) is 5.26. The van der Waals surface area contributed by atoms with Crippen molar-refractivity contribution in [1.82, 2.24) is 9.97 Å². The molecule has 2 heterocycles. The average Bonchev–Trinajstić information content (AvgIpc) is 3.22. The van der Waals surface area contributed by atoms with Gasteiger partial charge in [-0.05, 0) is 80.4 Å². The Morgan fingerprint density at radius 3 is 2.39 bits per heavy atom. The standard InChI is InChI=1S/C24H22ClN3O3S2/c1-15(2)33(30,31)20-6-4-18(5-7-20)23(29)28(14-17-8-10-26-11-9-17)24-27-22-16(3)12-19(25)13-21(22)32-24/h4-13,15H,14H2,1-3H3. The molecule has 4 aromatic rings. The lowest BCUT2D eigenvalue weighted by Crippen LogP contribution is -2.30. The van der Waals surface area contributed by atoms with Crippen molar-refractivity contribution in [1.29, 1.82) is 0 Å². The van der Waals surface area contributed by atoms with Crippen molar-refractivity contribution < 1.29 is 13.2 Å². The molecule has 33 heavy (non-hydrogen) atoms. The average molecular weight is 500 g/mol. The normalized spacial score (nSPS) is 11.8. The molecule has 0 fully saturated rings. The number of amides is 1. The Balaban J connectivity index is 1.75. The number of aromatic nitrogens is 2. The molecule has 0 atom stereocenters. The minimum atomic E-state index is -3.42. The molecule has 2 aromatic heterocycles. The number of sulfone groups is 1. The zero-order chi connectivity index (χ0) is 23.8. The van der Waals surface area contributed by atoms with E-state index in [4.69, 9.17) is 16.6 Å². The van der Waals surface area contributed by atoms with Gasteiger partial charge in [-0.3, -0.25) is 14.7 Å². The van der Waals surface area contributed by atoms with E-state index in [-0.39, 0.29) is 10.8 Å². The third-order valence-corrected chi connectivity index (χ3v) is 8.67. The second kappa shape index (κ2) is 9.21. The van der Waals surface area contributed by atoms with Gasteiger partial charge >= 0.3 is 0 Å². The minimum Gasteiger partial charge on any atom is -0.279 e. The van der Waals surface area contributed by atoms with Crippen molar-refractivity contribution in [2.75, 3.05) is 4.90 Å². The summed E-state index contributed by atoms with van der Waals surface area (Å²) in [5.41, 5.74) is 3.00. The van der Waals surface area contributed by atoms with Gasteiger partial charge in [0.1, 0.15) is 0 Å². The predicted molar refractivity (Wildman–Crippen MR) is 133 cm³/mol. The number of nitrogens with zero attached hydrogens (tertiary/aromatic N) is 3. The molecule has 0 aliphatic heterocycles. The second-order valence-corrected chi connectivity index (χ2v) is 11.9. The van der Waals surface area contributed by atoms with Crippen LogP contribution in [0.3, 0.4) is 0 Å². The molecule has 0 saturated heterocycles. The number of hydrogen-bond donors (Lipinski definition) is 0. The Hall–Kier alpha value is -2.81. The maximum absolute atomic E-state index is 13.6. The van der Waals surface area contributed by atoms with Crippen molar-refractivity contribution in [3.8, 4) is 0 Å². The number of anilines is 1. The van der Waals surface area contributed by atoms with Gasteiger partial charge in [0.2, 0.25) is 0 Å². The molecule has 0 radical (unpaired) electrons. The van der Waals surface area contributed by atoms with Crippen LogP contribution in [0.5, 0.6) is 0 Å². The lowest BCUT2D eigenvalue weighted by atomic mass is 10.2. The number of carbonyl (C=O) groups excluding carboxylic acids is 1. The number of aryl methyl sites for hydroxylation is 1. The van der Waals surface area contributed by atoms with E-state index in [9.17, 15) is 13.2 Å². The SMILES string of the molecule is Cc1cc(Cl)cc2sc(N(Cc3ccncc3)C(=O)c3ccc(S(=O)(=O)C(C)C)cc3)nc12. The van der Waals surface area contributed by atoms with Gasteiger partial charge in [0.05, 0.1) is 26.9 Å². The Morgan fingerprint density at radius 1 is 1.09 bits per heavy atom. The van der Waals surface area contributed by atoms with Crippen LogP contribution in [0, 0.1) is 6.92 Å². The Morgan fingerprint density at radius 2 is 1.76 bits per heavy atom. The van der Waals surface area contributed by atoms with Crippen molar-refractivity contribution in [2.45, 2.75) is 37.5 Å². The maximum Gasteiger partial charge on any atom is 0.260 e. The van der Waals surface area contributed by atoms with Gasteiger partial charge in [0, 0.05) is 23.0 Å². The smallest absolute Gasteiger partial charge is 0.260 e. The lowest BCUT2D eigenvalue weighted by molar-refractivity contribution is 0.0985. The van der Waals surface area contributed by atoms with Gasteiger partial charge in [0.25, 0.3) is 5.91 Å². The summed E-state index contributed by atoms with van der Waals surface area (Å²) in [5, 5.41) is 0.611. The Bertz CT molecular complexity index is 1420. The van der Waals surface area contributed by atoms with Gasteiger partial charge in [0.15, 0.2) is 15.0 Å². The van der Waals surface area contributed by atoms with E-state index in [2.05, 4.69) is 4.98 Å². The van der Waals surface area contributed by atoms with Gasteiger partial charge in [-0.2, -0.15) is 0 Å². The van der Waals surface area contributed by atoms with E-state index in [1.165, 1.54) is 23.5 Å². The van der Waals surface area contributed by atoms with Gasteiger partial charge in [-0.15, -0.1) is 0 Å². The number of halogens is 1. The van der Waals surface area contributed by atoms with Crippen molar-refractivity contribution >= 4 is 54.0 Å². The molecule has 4 rings (SSSR count). The van der Waals surface area contributed by atoms with Gasteiger partial charge in [-0.1, -0.05) is 22.9 Å². The topological polar surface area (TPSA) is 80.2 Å². The van der Waals surface area contributed by atoms with Crippen molar-refractivity contribution in [2.24, 2.45) is 0 Å². The number of thiazole rings is 1. The second-order valence-electron chi connectivity index (χ2n) is 7.93. The first-order chi connectivity index (χ1) is 15.7. The minimum absolute atomic E-state index is 0.194. The van der Waals surface area contributed by atoms with Crippen LogP contribution >= 0.6 is 22.9 Å². The Labute approximate surface area is 201 Å². The van der Waals surface area contributed by atoms with Crippen LogP contribution in [0.1, 0.15) is 35.3 Å². The quantitative estimate of drug-likeness (QED) is 0.341.